The smallest absolute Gasteiger partial charge is 0.338 e. The summed E-state index contributed by atoms with van der Waals surface area (Å²) >= 11 is 0. The highest BCUT2D eigenvalue weighted by Crippen LogP contribution is 2.01. The lowest BCUT2D eigenvalue weighted by molar-refractivity contribution is 0.0511. The first-order chi connectivity index (χ1) is 7.20. The van der Waals surface area contributed by atoms with Crippen LogP contribution in [-0.4, -0.2) is 17.7 Å². The summed E-state index contributed by atoms with van der Waals surface area (Å²) in [5.41, 5.74) is 0.544. The second-order valence-corrected chi connectivity index (χ2v) is 3.14. The number of esters is 1. The fourth-order valence-electron chi connectivity index (χ4n) is 1.08. The van der Waals surface area contributed by atoms with Crippen LogP contribution in [0.2, 0.25) is 0 Å². The number of carbonyl (C=O) groups is 1. The van der Waals surface area contributed by atoms with E-state index >= 15 is 0 Å². The van der Waals surface area contributed by atoms with Gasteiger partial charge in [0.2, 0.25) is 0 Å². The molecule has 0 bridgehead atoms. The van der Waals surface area contributed by atoms with Crippen LogP contribution in [0.25, 0.3) is 0 Å². The van der Waals surface area contributed by atoms with Crippen molar-refractivity contribution in [3.8, 4) is 0 Å². The minimum Gasteiger partial charge on any atom is -0.513 e. The summed E-state index contributed by atoms with van der Waals surface area (Å²) in [4.78, 5) is 11.4. The van der Waals surface area contributed by atoms with Crippen LogP contribution in [-0.2, 0) is 4.74 Å². The normalized spacial score (nSPS) is 11.1. The molecule has 1 rings (SSSR count). The second-order valence-electron chi connectivity index (χ2n) is 3.14. The Bertz CT molecular complexity index is 337. The lowest BCUT2D eigenvalue weighted by atomic mass is 10.2. The van der Waals surface area contributed by atoms with Crippen molar-refractivity contribution in [2.24, 2.45) is 0 Å². The van der Waals surface area contributed by atoms with E-state index in [-0.39, 0.29) is 18.3 Å². The molecule has 0 aliphatic rings. The van der Waals surface area contributed by atoms with Crippen LogP contribution in [0.4, 0.5) is 0 Å². The fourth-order valence-corrected chi connectivity index (χ4v) is 1.08. The van der Waals surface area contributed by atoms with Crippen molar-refractivity contribution < 1.29 is 14.6 Å². The van der Waals surface area contributed by atoms with Gasteiger partial charge in [-0.25, -0.2) is 4.79 Å². The molecule has 15 heavy (non-hydrogen) atoms. The van der Waals surface area contributed by atoms with E-state index in [1.807, 2.05) is 6.07 Å². The summed E-state index contributed by atoms with van der Waals surface area (Å²) in [6.45, 7) is 1.87. The Balaban J connectivity index is 2.35. The van der Waals surface area contributed by atoms with Crippen molar-refractivity contribution in [2.75, 3.05) is 6.61 Å². The van der Waals surface area contributed by atoms with Crippen LogP contribution in [0.3, 0.4) is 0 Å². The predicted octanol–water partition coefficient (Wildman–Crippen LogP) is 2.70. The summed E-state index contributed by atoms with van der Waals surface area (Å²) in [5.74, 6) is -0.0923. The van der Waals surface area contributed by atoms with Crippen molar-refractivity contribution in [1.29, 1.82) is 0 Å². The number of hydrogen-bond donors (Lipinski definition) is 1. The van der Waals surface area contributed by atoms with E-state index in [4.69, 9.17) is 9.84 Å². The largest absolute Gasteiger partial charge is 0.513 e. The Hall–Kier alpha value is -1.77. The molecular formula is C12H14O3. The molecule has 1 N–H and O–H groups in total. The van der Waals surface area contributed by atoms with Crippen molar-refractivity contribution in [1.82, 2.24) is 0 Å². The van der Waals surface area contributed by atoms with E-state index in [0.717, 1.165) is 0 Å². The van der Waals surface area contributed by atoms with Crippen LogP contribution in [0.1, 0.15) is 23.7 Å². The lowest BCUT2D eigenvalue weighted by Gasteiger charge is -2.02. The predicted molar refractivity (Wildman–Crippen MR) is 57.7 cm³/mol. The molecule has 0 radical (unpaired) electrons. The average molecular weight is 206 g/mol. The molecule has 0 aliphatic carbocycles. The molecule has 0 heterocycles. The highest BCUT2D eigenvalue weighted by molar-refractivity contribution is 5.89. The molecule has 0 amide bonds. The first-order valence-corrected chi connectivity index (χ1v) is 4.78. The number of carbonyl (C=O) groups excluding carboxylic acids is 1. The lowest BCUT2D eigenvalue weighted by Crippen LogP contribution is -2.05. The van der Waals surface area contributed by atoms with Gasteiger partial charge in [0.05, 0.1) is 17.9 Å². The van der Waals surface area contributed by atoms with Gasteiger partial charge in [0.15, 0.2) is 0 Å². The zero-order valence-electron chi connectivity index (χ0n) is 8.64. The quantitative estimate of drug-likeness (QED) is 0.468. The Morgan fingerprint density at radius 3 is 2.67 bits per heavy atom. The van der Waals surface area contributed by atoms with Crippen LogP contribution < -0.4 is 0 Å². The topological polar surface area (TPSA) is 46.5 Å². The van der Waals surface area contributed by atoms with Gasteiger partial charge in [-0.05, 0) is 25.1 Å². The Kier molecular flexibility index (Phi) is 4.41. The molecule has 3 nitrogen and oxygen atoms in total. The zero-order valence-corrected chi connectivity index (χ0v) is 8.64. The molecular weight excluding hydrogens is 192 g/mol. The third kappa shape index (κ3) is 4.31. The second kappa shape index (κ2) is 5.86. The minimum atomic E-state index is -0.334. The third-order valence-electron chi connectivity index (χ3n) is 1.80. The molecule has 80 valence electrons. The van der Waals surface area contributed by atoms with Crippen molar-refractivity contribution in [3.63, 3.8) is 0 Å². The fraction of sp³-hybridized carbons (Fsp3) is 0.250. The zero-order chi connectivity index (χ0) is 11.1. The molecule has 0 aromatic heterocycles. The third-order valence-corrected chi connectivity index (χ3v) is 1.80. The molecule has 0 aliphatic heterocycles. The molecule has 0 unspecified atom stereocenters. The molecule has 0 saturated heterocycles. The van der Waals surface area contributed by atoms with Crippen molar-refractivity contribution in [3.05, 3.63) is 47.7 Å². The van der Waals surface area contributed by atoms with Gasteiger partial charge in [0.1, 0.15) is 0 Å². The van der Waals surface area contributed by atoms with E-state index in [1.54, 1.807) is 37.3 Å². The van der Waals surface area contributed by atoms with Crippen molar-refractivity contribution in [2.45, 2.75) is 13.3 Å². The summed E-state index contributed by atoms with van der Waals surface area (Å²) in [5, 5.41) is 8.86. The molecule has 0 saturated carbocycles. The maximum absolute atomic E-state index is 11.4. The number of aliphatic hydroxyl groups is 1. The Morgan fingerprint density at radius 2 is 2.07 bits per heavy atom. The summed E-state index contributed by atoms with van der Waals surface area (Å²) in [6.07, 6.45) is 2.14. The molecule has 3 heteroatoms. The summed E-state index contributed by atoms with van der Waals surface area (Å²) < 4.78 is 4.98. The van der Waals surface area contributed by atoms with Gasteiger partial charge < -0.3 is 9.84 Å². The van der Waals surface area contributed by atoms with Crippen molar-refractivity contribution >= 4 is 5.97 Å². The molecule has 1 aromatic carbocycles. The highest BCUT2D eigenvalue weighted by Gasteiger charge is 2.04. The van der Waals surface area contributed by atoms with Gasteiger partial charge in [-0.3, -0.25) is 0 Å². The number of hydrogen-bond acceptors (Lipinski definition) is 3. The van der Waals surface area contributed by atoms with Crippen LogP contribution >= 0.6 is 0 Å². The summed E-state index contributed by atoms with van der Waals surface area (Å²) in [6, 6.07) is 8.82. The highest BCUT2D eigenvalue weighted by atomic mass is 16.5. The molecule has 0 atom stereocenters. The number of allylic oxidation sites excluding steroid dienone is 1. The van der Waals surface area contributed by atoms with E-state index in [1.165, 1.54) is 0 Å². The minimum absolute atomic E-state index is 0.241. The molecule has 0 fully saturated rings. The Labute approximate surface area is 89.0 Å². The monoisotopic (exact) mass is 206 g/mol. The van der Waals surface area contributed by atoms with Crippen LogP contribution in [0.5, 0.6) is 0 Å². The van der Waals surface area contributed by atoms with Gasteiger partial charge >= 0.3 is 5.97 Å². The van der Waals surface area contributed by atoms with Gasteiger partial charge in [-0.15, -0.1) is 0 Å². The maximum atomic E-state index is 11.4. The average Bonchev–Trinajstić information content (AvgIpc) is 2.25. The summed E-state index contributed by atoms with van der Waals surface area (Å²) in [7, 11) is 0. The number of benzene rings is 1. The van der Waals surface area contributed by atoms with Gasteiger partial charge in [-0.1, -0.05) is 18.2 Å². The SMILES string of the molecule is C/C(O)=C\CCOC(=O)c1ccccc1. The van der Waals surface area contributed by atoms with Gasteiger partial charge in [0, 0.05) is 6.42 Å². The van der Waals surface area contributed by atoms with E-state index < -0.39 is 0 Å². The van der Waals surface area contributed by atoms with Crippen LogP contribution in [0.15, 0.2) is 42.2 Å². The first kappa shape index (κ1) is 11.3. The Morgan fingerprint density at radius 1 is 1.40 bits per heavy atom. The number of aliphatic hydroxyl groups excluding tert-OH is 1. The van der Waals surface area contributed by atoms with E-state index in [0.29, 0.717) is 12.0 Å². The molecule has 1 aromatic rings. The van der Waals surface area contributed by atoms with E-state index in [2.05, 4.69) is 0 Å². The van der Waals surface area contributed by atoms with E-state index in [9.17, 15) is 4.79 Å². The standard InChI is InChI=1S/C12H14O3/c1-10(13)6-5-9-15-12(14)11-7-3-2-4-8-11/h2-4,6-8,13H,5,9H2,1H3/b10-6+. The first-order valence-electron chi connectivity index (χ1n) is 4.78. The molecule has 0 spiro atoms. The number of ether oxygens (including phenoxy) is 1. The maximum Gasteiger partial charge on any atom is 0.338 e. The van der Waals surface area contributed by atoms with Gasteiger partial charge in [-0.2, -0.15) is 0 Å². The number of rotatable bonds is 4. The van der Waals surface area contributed by atoms with Gasteiger partial charge in [0.25, 0.3) is 0 Å². The van der Waals surface area contributed by atoms with Crippen LogP contribution in [0, 0.1) is 0 Å².